The van der Waals surface area contributed by atoms with Crippen LogP contribution >= 0.6 is 0 Å². The number of likely N-dealkylation sites (N-methyl/N-ethyl adjacent to an activating group) is 1. The second-order valence-corrected chi connectivity index (χ2v) is 6.42. The van der Waals surface area contributed by atoms with Crippen molar-refractivity contribution in [1.82, 2.24) is 19.9 Å². The van der Waals surface area contributed by atoms with E-state index in [2.05, 4.69) is 56.5 Å². The molecule has 1 aromatic carbocycles. The summed E-state index contributed by atoms with van der Waals surface area (Å²) >= 11 is 0. The van der Waals surface area contributed by atoms with Gasteiger partial charge in [-0.3, -0.25) is 9.88 Å². The topological polar surface area (TPSA) is 53.9 Å². The van der Waals surface area contributed by atoms with E-state index in [1.807, 2.05) is 18.2 Å². The minimum atomic E-state index is 0.433. The van der Waals surface area contributed by atoms with E-state index in [-0.39, 0.29) is 0 Å². The van der Waals surface area contributed by atoms with Crippen molar-refractivity contribution in [2.75, 3.05) is 18.9 Å². The van der Waals surface area contributed by atoms with E-state index in [0.29, 0.717) is 12.0 Å². The molecule has 25 heavy (non-hydrogen) atoms. The third-order valence-electron chi connectivity index (χ3n) is 4.74. The van der Waals surface area contributed by atoms with Crippen molar-refractivity contribution in [3.8, 4) is 11.3 Å². The number of nitrogens with zero attached hydrogens (tertiary/aromatic N) is 4. The standard InChI is InChI=1S/C20H21N5/c1-25-14-17-5-3-2-4-16(17)12-18(25)13-23-20-22-11-8-19(24-20)15-6-9-21-10-7-15/h2-11,18H,12-14H2,1H3,(H,22,23,24)/t18-/m1/s1. The van der Waals surface area contributed by atoms with Crippen LogP contribution in [-0.2, 0) is 13.0 Å². The lowest BCUT2D eigenvalue weighted by molar-refractivity contribution is 0.224. The van der Waals surface area contributed by atoms with Crippen molar-refractivity contribution in [2.45, 2.75) is 19.0 Å². The fourth-order valence-corrected chi connectivity index (χ4v) is 3.28. The van der Waals surface area contributed by atoms with Crippen LogP contribution in [0.25, 0.3) is 11.3 Å². The van der Waals surface area contributed by atoms with E-state index in [0.717, 1.165) is 30.8 Å². The molecular formula is C20H21N5. The number of nitrogens with one attached hydrogen (secondary N) is 1. The average molecular weight is 331 g/mol. The summed E-state index contributed by atoms with van der Waals surface area (Å²) in [6.45, 7) is 1.81. The van der Waals surface area contributed by atoms with Crippen molar-refractivity contribution in [3.05, 3.63) is 72.2 Å². The van der Waals surface area contributed by atoms with Crippen LogP contribution in [0.1, 0.15) is 11.1 Å². The Bertz CT molecular complexity index is 849. The van der Waals surface area contributed by atoms with Crippen molar-refractivity contribution >= 4 is 5.95 Å². The maximum absolute atomic E-state index is 4.63. The van der Waals surface area contributed by atoms with Crippen LogP contribution in [0.3, 0.4) is 0 Å². The Morgan fingerprint density at radius 3 is 2.68 bits per heavy atom. The summed E-state index contributed by atoms with van der Waals surface area (Å²) in [5.74, 6) is 0.668. The Balaban J connectivity index is 1.45. The largest absolute Gasteiger partial charge is 0.353 e. The SMILES string of the molecule is CN1Cc2ccccc2C[C@@H]1CNc1nccc(-c2ccncc2)n1. The lowest BCUT2D eigenvalue weighted by atomic mass is 9.94. The quantitative estimate of drug-likeness (QED) is 0.796. The molecular weight excluding hydrogens is 310 g/mol. The summed E-state index contributed by atoms with van der Waals surface area (Å²) in [4.78, 5) is 15.4. The molecule has 0 spiro atoms. The molecule has 0 aliphatic carbocycles. The molecule has 0 fully saturated rings. The van der Waals surface area contributed by atoms with E-state index in [9.17, 15) is 0 Å². The Morgan fingerprint density at radius 1 is 1.04 bits per heavy atom. The van der Waals surface area contributed by atoms with E-state index < -0.39 is 0 Å². The fraction of sp³-hybridized carbons (Fsp3) is 0.250. The van der Waals surface area contributed by atoms with Gasteiger partial charge in [0.2, 0.25) is 5.95 Å². The molecule has 3 aromatic rings. The summed E-state index contributed by atoms with van der Waals surface area (Å²) in [5.41, 5.74) is 4.82. The Hall–Kier alpha value is -2.79. The van der Waals surface area contributed by atoms with Gasteiger partial charge in [0, 0.05) is 43.3 Å². The summed E-state index contributed by atoms with van der Waals surface area (Å²) in [6, 6.07) is 15.0. The van der Waals surface area contributed by atoms with Crippen LogP contribution in [0, 0.1) is 0 Å². The molecule has 1 N–H and O–H groups in total. The Morgan fingerprint density at radius 2 is 1.84 bits per heavy atom. The van der Waals surface area contributed by atoms with Crippen LogP contribution < -0.4 is 5.32 Å². The summed E-state index contributed by atoms with van der Waals surface area (Å²) in [7, 11) is 2.18. The van der Waals surface area contributed by atoms with Crippen molar-refractivity contribution in [1.29, 1.82) is 0 Å². The zero-order chi connectivity index (χ0) is 17.1. The molecule has 2 aromatic heterocycles. The normalized spacial score (nSPS) is 17.1. The molecule has 5 heteroatoms. The number of rotatable bonds is 4. The van der Waals surface area contributed by atoms with Gasteiger partial charge in [-0.05, 0) is 42.8 Å². The molecule has 1 atom stereocenters. The van der Waals surface area contributed by atoms with Crippen LogP contribution in [-0.4, -0.2) is 39.5 Å². The van der Waals surface area contributed by atoms with E-state index in [4.69, 9.17) is 0 Å². The Labute approximate surface area is 147 Å². The van der Waals surface area contributed by atoms with Gasteiger partial charge in [-0.1, -0.05) is 24.3 Å². The van der Waals surface area contributed by atoms with Gasteiger partial charge < -0.3 is 5.32 Å². The molecule has 0 amide bonds. The third kappa shape index (κ3) is 3.51. The predicted molar refractivity (Wildman–Crippen MR) is 99.2 cm³/mol. The highest BCUT2D eigenvalue weighted by molar-refractivity contribution is 5.59. The minimum Gasteiger partial charge on any atom is -0.353 e. The van der Waals surface area contributed by atoms with Gasteiger partial charge in [0.1, 0.15) is 0 Å². The van der Waals surface area contributed by atoms with E-state index in [1.165, 1.54) is 11.1 Å². The molecule has 0 bridgehead atoms. The van der Waals surface area contributed by atoms with Gasteiger partial charge in [0.15, 0.2) is 0 Å². The zero-order valence-electron chi connectivity index (χ0n) is 14.3. The predicted octanol–water partition coefficient (Wildman–Crippen LogP) is 3.01. The monoisotopic (exact) mass is 331 g/mol. The first-order valence-corrected chi connectivity index (χ1v) is 8.54. The van der Waals surface area contributed by atoms with E-state index in [1.54, 1.807) is 18.6 Å². The maximum atomic E-state index is 4.63. The lowest BCUT2D eigenvalue weighted by Gasteiger charge is -2.34. The highest BCUT2D eigenvalue weighted by atomic mass is 15.2. The molecule has 0 saturated carbocycles. The first-order valence-electron chi connectivity index (χ1n) is 8.54. The van der Waals surface area contributed by atoms with Crippen LogP contribution in [0.15, 0.2) is 61.1 Å². The van der Waals surface area contributed by atoms with Gasteiger partial charge >= 0.3 is 0 Å². The molecule has 0 saturated heterocycles. The second kappa shape index (κ2) is 6.99. The van der Waals surface area contributed by atoms with Gasteiger partial charge in [-0.25, -0.2) is 9.97 Å². The zero-order valence-corrected chi connectivity index (χ0v) is 14.3. The maximum Gasteiger partial charge on any atom is 0.223 e. The smallest absolute Gasteiger partial charge is 0.223 e. The summed E-state index contributed by atoms with van der Waals surface area (Å²) in [6.07, 6.45) is 6.40. The first-order chi connectivity index (χ1) is 12.3. The van der Waals surface area contributed by atoms with Gasteiger partial charge in [0.05, 0.1) is 5.69 Å². The van der Waals surface area contributed by atoms with Gasteiger partial charge in [0.25, 0.3) is 0 Å². The van der Waals surface area contributed by atoms with Crippen LogP contribution in [0.2, 0.25) is 0 Å². The lowest BCUT2D eigenvalue weighted by Crippen LogP contribution is -2.42. The molecule has 0 unspecified atom stereocenters. The summed E-state index contributed by atoms with van der Waals surface area (Å²) < 4.78 is 0. The minimum absolute atomic E-state index is 0.433. The fourth-order valence-electron chi connectivity index (χ4n) is 3.28. The molecule has 5 nitrogen and oxygen atoms in total. The number of aromatic nitrogens is 3. The number of hydrogen-bond donors (Lipinski definition) is 1. The van der Waals surface area contributed by atoms with Crippen LogP contribution in [0.5, 0.6) is 0 Å². The number of benzene rings is 1. The summed E-state index contributed by atoms with van der Waals surface area (Å²) in [5, 5.41) is 3.41. The van der Waals surface area contributed by atoms with Crippen molar-refractivity contribution < 1.29 is 0 Å². The number of pyridine rings is 1. The van der Waals surface area contributed by atoms with Gasteiger partial charge in [-0.2, -0.15) is 0 Å². The highest BCUT2D eigenvalue weighted by Crippen LogP contribution is 2.22. The van der Waals surface area contributed by atoms with Crippen molar-refractivity contribution in [2.24, 2.45) is 0 Å². The van der Waals surface area contributed by atoms with Gasteiger partial charge in [-0.15, -0.1) is 0 Å². The second-order valence-electron chi connectivity index (χ2n) is 6.42. The third-order valence-corrected chi connectivity index (χ3v) is 4.74. The highest BCUT2D eigenvalue weighted by Gasteiger charge is 2.22. The van der Waals surface area contributed by atoms with Crippen molar-refractivity contribution in [3.63, 3.8) is 0 Å². The number of hydrogen-bond acceptors (Lipinski definition) is 5. The molecule has 0 radical (unpaired) electrons. The number of fused-ring (bicyclic) bond motifs is 1. The first kappa shape index (κ1) is 15.7. The average Bonchev–Trinajstić information content (AvgIpc) is 2.67. The molecule has 126 valence electrons. The molecule has 3 heterocycles. The molecule has 1 aliphatic heterocycles. The Kier molecular flexibility index (Phi) is 4.39. The molecule has 1 aliphatic rings. The number of anilines is 1. The van der Waals surface area contributed by atoms with E-state index >= 15 is 0 Å². The molecule has 4 rings (SSSR count). The van der Waals surface area contributed by atoms with Crippen LogP contribution in [0.4, 0.5) is 5.95 Å².